The summed E-state index contributed by atoms with van der Waals surface area (Å²) >= 11 is 0. The summed E-state index contributed by atoms with van der Waals surface area (Å²) in [6.07, 6.45) is 4.56. The molecule has 3 heteroatoms. The molecule has 0 aliphatic carbocycles. The Morgan fingerprint density at radius 2 is 1.64 bits per heavy atom. The van der Waals surface area contributed by atoms with Gasteiger partial charge in [0, 0.05) is 0 Å². The summed E-state index contributed by atoms with van der Waals surface area (Å²) in [6, 6.07) is 0. The third-order valence-corrected chi connectivity index (χ3v) is 1.39. The van der Waals surface area contributed by atoms with E-state index in [1.54, 1.807) is 0 Å². The van der Waals surface area contributed by atoms with E-state index in [0.29, 0.717) is 0 Å². The number of hydrogen-bond donors (Lipinski definition) is 2. The van der Waals surface area contributed by atoms with Crippen molar-refractivity contribution in [2.24, 2.45) is 0 Å². The van der Waals surface area contributed by atoms with Crippen molar-refractivity contribution in [1.82, 2.24) is 6.15 Å². The smallest absolute Gasteiger partial charge is 0.0591 e. The van der Waals surface area contributed by atoms with E-state index < -0.39 is 5.60 Å². The second kappa shape index (κ2) is 8.31. The first-order chi connectivity index (χ1) is 4.06. The fraction of sp³-hybridized carbons (Fsp3) is 1.00. The van der Waals surface area contributed by atoms with Crippen LogP contribution in [0.2, 0.25) is 0 Å². The van der Waals surface area contributed by atoms with Gasteiger partial charge in [-0.15, -0.1) is 12.4 Å². The van der Waals surface area contributed by atoms with Gasteiger partial charge in [-0.25, -0.2) is 0 Å². The maximum atomic E-state index is 9.24. The standard InChI is InChI=1S/C8H18O.ClH.H3N/c1-4-5-6-7-8(2,3)9;;/h9H,4-7H2,1-3H3;1H;1H3. The van der Waals surface area contributed by atoms with Crippen LogP contribution in [0.25, 0.3) is 0 Å². The second-order valence-electron chi connectivity index (χ2n) is 3.27. The maximum Gasteiger partial charge on any atom is 0.0591 e. The van der Waals surface area contributed by atoms with Gasteiger partial charge in [0.25, 0.3) is 0 Å². The SMILES string of the molecule is CCCCCC(C)(C)O.Cl.N. The fourth-order valence-electron chi connectivity index (χ4n) is 0.808. The van der Waals surface area contributed by atoms with E-state index in [4.69, 9.17) is 0 Å². The minimum Gasteiger partial charge on any atom is -0.390 e. The summed E-state index contributed by atoms with van der Waals surface area (Å²) in [5.74, 6) is 0. The van der Waals surface area contributed by atoms with Crippen molar-refractivity contribution in [2.45, 2.75) is 52.1 Å². The van der Waals surface area contributed by atoms with E-state index in [9.17, 15) is 5.11 Å². The molecule has 72 valence electrons. The van der Waals surface area contributed by atoms with Crippen LogP contribution < -0.4 is 6.15 Å². The molecule has 0 aromatic carbocycles. The predicted molar refractivity (Wildman–Crippen MR) is 52.7 cm³/mol. The Morgan fingerprint density at radius 1 is 1.18 bits per heavy atom. The molecular formula is C8H22ClNO. The minimum atomic E-state index is -0.449. The Morgan fingerprint density at radius 3 is 1.91 bits per heavy atom. The molecular weight excluding hydrogens is 162 g/mol. The van der Waals surface area contributed by atoms with Gasteiger partial charge in [0.2, 0.25) is 0 Å². The van der Waals surface area contributed by atoms with Gasteiger partial charge in [-0.1, -0.05) is 26.2 Å². The van der Waals surface area contributed by atoms with Crippen LogP contribution in [0.1, 0.15) is 46.5 Å². The molecule has 0 saturated carbocycles. The van der Waals surface area contributed by atoms with E-state index >= 15 is 0 Å². The minimum absolute atomic E-state index is 0. The molecule has 0 aromatic heterocycles. The van der Waals surface area contributed by atoms with Crippen molar-refractivity contribution in [3.05, 3.63) is 0 Å². The van der Waals surface area contributed by atoms with Gasteiger partial charge < -0.3 is 11.3 Å². The number of halogens is 1. The highest BCUT2D eigenvalue weighted by molar-refractivity contribution is 5.85. The van der Waals surface area contributed by atoms with Crippen molar-refractivity contribution in [2.75, 3.05) is 0 Å². The molecule has 0 saturated heterocycles. The van der Waals surface area contributed by atoms with E-state index in [2.05, 4.69) is 6.92 Å². The largest absolute Gasteiger partial charge is 0.390 e. The first-order valence-electron chi connectivity index (χ1n) is 3.78. The van der Waals surface area contributed by atoms with Crippen LogP contribution in [-0.2, 0) is 0 Å². The molecule has 0 amide bonds. The zero-order valence-corrected chi connectivity index (χ0v) is 8.71. The molecule has 0 rings (SSSR count). The van der Waals surface area contributed by atoms with Crippen molar-refractivity contribution in [3.8, 4) is 0 Å². The van der Waals surface area contributed by atoms with Gasteiger partial charge in [0.15, 0.2) is 0 Å². The Hall–Kier alpha value is 0.210. The molecule has 11 heavy (non-hydrogen) atoms. The first-order valence-corrected chi connectivity index (χ1v) is 3.78. The van der Waals surface area contributed by atoms with Crippen molar-refractivity contribution in [1.29, 1.82) is 0 Å². The summed E-state index contributed by atoms with van der Waals surface area (Å²) in [4.78, 5) is 0. The van der Waals surface area contributed by atoms with Crippen molar-refractivity contribution < 1.29 is 5.11 Å². The summed E-state index contributed by atoms with van der Waals surface area (Å²) < 4.78 is 0. The zero-order chi connectivity index (χ0) is 7.33. The molecule has 0 fully saturated rings. The van der Waals surface area contributed by atoms with Gasteiger partial charge in [-0.05, 0) is 20.3 Å². The number of aliphatic hydroxyl groups is 1. The molecule has 0 bridgehead atoms. The quantitative estimate of drug-likeness (QED) is 0.659. The van der Waals surface area contributed by atoms with Crippen molar-refractivity contribution in [3.63, 3.8) is 0 Å². The maximum absolute atomic E-state index is 9.24. The molecule has 0 spiro atoms. The monoisotopic (exact) mass is 183 g/mol. The molecule has 0 aromatic rings. The molecule has 2 nitrogen and oxygen atoms in total. The summed E-state index contributed by atoms with van der Waals surface area (Å²) in [5.41, 5.74) is -0.449. The van der Waals surface area contributed by atoms with Gasteiger partial charge >= 0.3 is 0 Å². The Kier molecular flexibility index (Phi) is 13.1. The normalized spacial score (nSPS) is 9.82. The predicted octanol–water partition coefficient (Wildman–Crippen LogP) is 2.92. The second-order valence-corrected chi connectivity index (χ2v) is 3.27. The average Bonchev–Trinajstić information content (AvgIpc) is 1.63. The molecule has 0 atom stereocenters. The third-order valence-electron chi connectivity index (χ3n) is 1.39. The fourth-order valence-corrected chi connectivity index (χ4v) is 0.808. The van der Waals surface area contributed by atoms with Crippen LogP contribution in [0.15, 0.2) is 0 Å². The molecule has 4 N–H and O–H groups in total. The van der Waals surface area contributed by atoms with Gasteiger partial charge in [0.1, 0.15) is 0 Å². The first kappa shape index (κ1) is 17.3. The molecule has 0 unspecified atom stereocenters. The lowest BCUT2D eigenvalue weighted by Gasteiger charge is -2.15. The number of unbranched alkanes of at least 4 members (excludes halogenated alkanes) is 2. The Labute approximate surface area is 76.4 Å². The topological polar surface area (TPSA) is 55.2 Å². The molecule has 0 aliphatic heterocycles. The van der Waals surface area contributed by atoms with Crippen molar-refractivity contribution >= 4 is 12.4 Å². The summed E-state index contributed by atoms with van der Waals surface area (Å²) in [7, 11) is 0. The van der Waals surface area contributed by atoms with Gasteiger partial charge in [-0.2, -0.15) is 0 Å². The van der Waals surface area contributed by atoms with E-state index in [0.717, 1.165) is 12.8 Å². The summed E-state index contributed by atoms with van der Waals surface area (Å²) in [5, 5.41) is 9.24. The highest BCUT2D eigenvalue weighted by atomic mass is 35.5. The highest BCUT2D eigenvalue weighted by Gasteiger charge is 2.10. The van der Waals surface area contributed by atoms with Crippen LogP contribution in [0.4, 0.5) is 0 Å². The molecule has 0 heterocycles. The van der Waals surface area contributed by atoms with E-state index in [1.807, 2.05) is 13.8 Å². The summed E-state index contributed by atoms with van der Waals surface area (Å²) in [6.45, 7) is 5.90. The number of rotatable bonds is 4. The van der Waals surface area contributed by atoms with E-state index in [1.165, 1.54) is 12.8 Å². The highest BCUT2D eigenvalue weighted by Crippen LogP contribution is 2.12. The average molecular weight is 184 g/mol. The van der Waals surface area contributed by atoms with Crippen LogP contribution in [0.5, 0.6) is 0 Å². The lowest BCUT2D eigenvalue weighted by atomic mass is 10.0. The number of hydrogen-bond acceptors (Lipinski definition) is 2. The van der Waals surface area contributed by atoms with Crippen LogP contribution >= 0.6 is 12.4 Å². The third kappa shape index (κ3) is 17.8. The van der Waals surface area contributed by atoms with E-state index in [-0.39, 0.29) is 18.6 Å². The van der Waals surface area contributed by atoms with Crippen LogP contribution in [0, 0.1) is 0 Å². The van der Waals surface area contributed by atoms with Crippen LogP contribution in [0.3, 0.4) is 0 Å². The van der Waals surface area contributed by atoms with Gasteiger partial charge in [0.05, 0.1) is 5.60 Å². The Bertz CT molecular complexity index is 71.0. The lowest BCUT2D eigenvalue weighted by molar-refractivity contribution is 0.0682. The van der Waals surface area contributed by atoms with Crippen LogP contribution in [-0.4, -0.2) is 10.7 Å². The molecule has 0 aliphatic rings. The Balaban J connectivity index is -0.000000320. The zero-order valence-electron chi connectivity index (χ0n) is 7.89. The van der Waals surface area contributed by atoms with Gasteiger partial charge in [-0.3, -0.25) is 0 Å². The lowest BCUT2D eigenvalue weighted by Crippen LogP contribution is -2.17. The molecule has 0 radical (unpaired) electrons.